The Morgan fingerprint density at radius 1 is 1.08 bits per heavy atom. The molecule has 1 fully saturated rings. The Labute approximate surface area is 215 Å². The van der Waals surface area contributed by atoms with E-state index in [-0.39, 0.29) is 30.2 Å². The van der Waals surface area contributed by atoms with Gasteiger partial charge < -0.3 is 24.4 Å². The fraction of sp³-hybridized carbons (Fsp3) is 0.333. The average Bonchev–Trinajstić information content (AvgIpc) is 3.33. The number of hydrogen-bond donors (Lipinski definition) is 2. The van der Waals surface area contributed by atoms with Gasteiger partial charge in [-0.15, -0.1) is 0 Å². The van der Waals surface area contributed by atoms with Crippen LogP contribution in [0.1, 0.15) is 30.7 Å². The van der Waals surface area contributed by atoms with E-state index in [1.807, 2.05) is 54.6 Å². The van der Waals surface area contributed by atoms with Crippen LogP contribution in [0.3, 0.4) is 0 Å². The third-order valence-electron chi connectivity index (χ3n) is 7.50. The van der Waals surface area contributed by atoms with Crippen molar-refractivity contribution in [2.75, 3.05) is 32.9 Å². The lowest BCUT2D eigenvalue weighted by atomic mass is 9.84. The van der Waals surface area contributed by atoms with E-state index in [2.05, 4.69) is 4.90 Å². The highest BCUT2D eigenvalue weighted by molar-refractivity contribution is 5.68. The minimum atomic E-state index is -0.247. The molecule has 1 aromatic carbocycles. The van der Waals surface area contributed by atoms with Crippen LogP contribution in [-0.2, 0) is 9.47 Å². The zero-order valence-electron chi connectivity index (χ0n) is 20.5. The number of rotatable bonds is 6. The number of aliphatic hydroxyl groups is 2. The Morgan fingerprint density at radius 2 is 1.95 bits per heavy atom. The molecular weight excluding hydrogens is 473 g/mol. The summed E-state index contributed by atoms with van der Waals surface area (Å²) in [6.45, 7) is 2.86. The number of likely N-dealkylation sites (tertiary alicyclic amines) is 1. The molecule has 6 nitrogen and oxygen atoms in total. The molecule has 37 heavy (non-hydrogen) atoms. The van der Waals surface area contributed by atoms with Crippen LogP contribution in [0, 0.1) is 5.92 Å². The Balaban J connectivity index is 1.17. The van der Waals surface area contributed by atoms with Gasteiger partial charge in [0.05, 0.1) is 12.2 Å². The number of allylic oxidation sites excluding steroid dienone is 8. The molecule has 192 valence electrons. The number of aliphatic hydroxyl groups excluding tert-OH is 2. The molecule has 2 N–H and O–H groups in total. The number of nitrogens with zero attached hydrogens (tertiary/aromatic N) is 1. The highest BCUT2D eigenvalue weighted by atomic mass is 19.1. The van der Waals surface area contributed by atoms with Gasteiger partial charge in [0.25, 0.3) is 5.95 Å². The number of halogens is 1. The number of alkyl halides is 1. The van der Waals surface area contributed by atoms with Crippen molar-refractivity contribution in [1.29, 1.82) is 0 Å². The van der Waals surface area contributed by atoms with Gasteiger partial charge in [-0.2, -0.15) is 0 Å². The van der Waals surface area contributed by atoms with Crippen LogP contribution in [0.4, 0.5) is 4.39 Å². The van der Waals surface area contributed by atoms with E-state index in [1.54, 1.807) is 0 Å². The van der Waals surface area contributed by atoms with E-state index >= 15 is 0 Å². The van der Waals surface area contributed by atoms with Crippen molar-refractivity contribution in [1.82, 2.24) is 4.90 Å². The third-order valence-corrected chi connectivity index (χ3v) is 7.50. The first kappa shape index (κ1) is 23.7. The molecule has 7 heteroatoms. The zero-order valence-corrected chi connectivity index (χ0v) is 20.5. The van der Waals surface area contributed by atoms with Crippen LogP contribution in [-0.4, -0.2) is 48.0 Å². The summed E-state index contributed by atoms with van der Waals surface area (Å²) in [7, 11) is 0. The third kappa shape index (κ3) is 4.60. The average molecular weight is 504 g/mol. The van der Waals surface area contributed by atoms with Gasteiger partial charge in [0.1, 0.15) is 30.1 Å². The molecule has 5 aliphatic rings. The fourth-order valence-corrected chi connectivity index (χ4v) is 5.50. The minimum absolute atomic E-state index is 0.0488. The molecule has 1 aromatic rings. The lowest BCUT2D eigenvalue weighted by Crippen LogP contribution is -2.26. The second-order valence-electron chi connectivity index (χ2n) is 9.91. The van der Waals surface area contributed by atoms with E-state index in [4.69, 9.17) is 14.2 Å². The van der Waals surface area contributed by atoms with Crippen molar-refractivity contribution in [3.05, 3.63) is 112 Å². The van der Waals surface area contributed by atoms with Crippen LogP contribution in [0.2, 0.25) is 0 Å². The predicted molar refractivity (Wildman–Crippen MR) is 137 cm³/mol. The maximum atomic E-state index is 12.8. The summed E-state index contributed by atoms with van der Waals surface area (Å²) in [5.74, 6) is 1.78. The molecule has 0 amide bonds. The zero-order chi connectivity index (χ0) is 25.4. The van der Waals surface area contributed by atoms with E-state index < -0.39 is 0 Å². The van der Waals surface area contributed by atoms with Gasteiger partial charge in [-0.05, 0) is 43.2 Å². The topological polar surface area (TPSA) is 71.4 Å². The van der Waals surface area contributed by atoms with Crippen molar-refractivity contribution in [3.8, 4) is 5.75 Å². The largest absolute Gasteiger partial charge is 0.504 e. The highest BCUT2D eigenvalue weighted by Gasteiger charge is 2.35. The summed E-state index contributed by atoms with van der Waals surface area (Å²) >= 11 is 0. The summed E-state index contributed by atoms with van der Waals surface area (Å²) < 4.78 is 30.3. The number of hydrogen-bond acceptors (Lipinski definition) is 6. The number of fused-ring (bicyclic) bond motifs is 3. The SMILES string of the molecule is OC1=COC2=C(C=CCC2)C2=C(O)OC3=C[C@H](c4ccc(OCCN5CC[C@@H](CF)C5)cc4)C=CC3=C12. The Kier molecular flexibility index (Phi) is 6.38. The summed E-state index contributed by atoms with van der Waals surface area (Å²) in [5.41, 5.74) is 3.42. The molecule has 6 rings (SSSR count). The quantitative estimate of drug-likeness (QED) is 0.494. The maximum Gasteiger partial charge on any atom is 0.291 e. The van der Waals surface area contributed by atoms with Crippen molar-refractivity contribution in [2.24, 2.45) is 5.92 Å². The molecule has 2 aliphatic carbocycles. The van der Waals surface area contributed by atoms with Crippen molar-refractivity contribution < 1.29 is 28.8 Å². The molecule has 0 radical (unpaired) electrons. The van der Waals surface area contributed by atoms with Gasteiger partial charge in [-0.3, -0.25) is 9.29 Å². The first-order chi connectivity index (χ1) is 18.1. The monoisotopic (exact) mass is 503 g/mol. The molecule has 2 atom stereocenters. The second-order valence-corrected chi connectivity index (χ2v) is 9.91. The molecular formula is C30H30FNO5. The smallest absolute Gasteiger partial charge is 0.291 e. The maximum absolute atomic E-state index is 12.8. The normalized spacial score (nSPS) is 25.0. The van der Waals surface area contributed by atoms with Crippen LogP contribution in [0.5, 0.6) is 5.75 Å². The van der Waals surface area contributed by atoms with Gasteiger partial charge in [-0.25, -0.2) is 0 Å². The highest BCUT2D eigenvalue weighted by Crippen LogP contribution is 2.45. The van der Waals surface area contributed by atoms with Gasteiger partial charge in [0, 0.05) is 48.1 Å². The fourth-order valence-electron chi connectivity index (χ4n) is 5.50. The lowest BCUT2D eigenvalue weighted by molar-refractivity contribution is 0.142. The van der Waals surface area contributed by atoms with Crippen LogP contribution in [0.25, 0.3) is 0 Å². The minimum Gasteiger partial charge on any atom is -0.504 e. The molecule has 3 heterocycles. The molecule has 0 saturated carbocycles. The molecule has 1 saturated heterocycles. The molecule has 0 bridgehead atoms. The first-order valence-electron chi connectivity index (χ1n) is 12.8. The molecule has 0 aromatic heterocycles. The Hall–Kier alpha value is -3.71. The van der Waals surface area contributed by atoms with Crippen molar-refractivity contribution in [3.63, 3.8) is 0 Å². The molecule has 0 spiro atoms. The molecule has 3 aliphatic heterocycles. The summed E-state index contributed by atoms with van der Waals surface area (Å²) in [6.07, 6.45) is 13.6. The van der Waals surface area contributed by atoms with E-state index in [9.17, 15) is 14.6 Å². The van der Waals surface area contributed by atoms with Gasteiger partial charge in [0.15, 0.2) is 5.76 Å². The van der Waals surface area contributed by atoms with Gasteiger partial charge in [-0.1, -0.05) is 36.4 Å². The predicted octanol–water partition coefficient (Wildman–Crippen LogP) is 6.02. The van der Waals surface area contributed by atoms with Gasteiger partial charge in [0.2, 0.25) is 0 Å². The standard InChI is InChI=1S/C30H30FNO5/c31-16-19-11-12-32(17-19)13-14-35-22-8-5-20(6-9-22)21-7-10-24-27(15-21)37-30(34)29-23-3-1-2-4-26(23)36-18-25(33)28(24)29/h1,3,5-10,15,18-19,21,33-34H,2,4,11-14,16-17H2/t19-,21+/m0/s1. The molecule has 0 unspecified atom stereocenters. The first-order valence-corrected chi connectivity index (χ1v) is 12.8. The van der Waals surface area contributed by atoms with E-state index in [0.29, 0.717) is 41.3 Å². The van der Waals surface area contributed by atoms with Crippen LogP contribution >= 0.6 is 0 Å². The van der Waals surface area contributed by atoms with E-state index in [1.165, 1.54) is 6.26 Å². The van der Waals surface area contributed by atoms with Gasteiger partial charge >= 0.3 is 0 Å². The lowest BCUT2D eigenvalue weighted by Gasteiger charge is -2.27. The second kappa shape index (κ2) is 9.98. The summed E-state index contributed by atoms with van der Waals surface area (Å²) in [5, 5.41) is 21.7. The number of benzene rings is 1. The summed E-state index contributed by atoms with van der Waals surface area (Å²) in [6, 6.07) is 7.92. The van der Waals surface area contributed by atoms with Crippen molar-refractivity contribution in [2.45, 2.75) is 25.2 Å². The van der Waals surface area contributed by atoms with Crippen LogP contribution in [0.15, 0.2) is 106 Å². The van der Waals surface area contributed by atoms with Crippen LogP contribution < -0.4 is 4.74 Å². The Morgan fingerprint density at radius 3 is 2.76 bits per heavy atom. The van der Waals surface area contributed by atoms with Crippen molar-refractivity contribution >= 4 is 0 Å². The number of ether oxygens (including phenoxy) is 3. The van der Waals surface area contributed by atoms with E-state index in [0.717, 1.165) is 49.4 Å². The Bertz CT molecular complexity index is 1300. The summed E-state index contributed by atoms with van der Waals surface area (Å²) in [4.78, 5) is 2.25.